The molecular formula is C17H20FNO4S. The lowest BCUT2D eigenvalue weighted by Gasteiger charge is -2.25. The van der Waals surface area contributed by atoms with Gasteiger partial charge in [0, 0.05) is 19.2 Å². The van der Waals surface area contributed by atoms with Crippen molar-refractivity contribution in [2.75, 3.05) is 21.3 Å². The van der Waals surface area contributed by atoms with Crippen molar-refractivity contribution in [2.24, 2.45) is 0 Å². The van der Waals surface area contributed by atoms with Crippen LogP contribution < -0.4 is 9.47 Å². The van der Waals surface area contributed by atoms with Gasteiger partial charge in [0.25, 0.3) is 0 Å². The van der Waals surface area contributed by atoms with Crippen LogP contribution in [0.15, 0.2) is 47.4 Å². The molecule has 1 atom stereocenters. The molecule has 24 heavy (non-hydrogen) atoms. The first-order valence-electron chi connectivity index (χ1n) is 7.26. The summed E-state index contributed by atoms with van der Waals surface area (Å²) in [6, 6.07) is 9.73. The SMILES string of the molecule is COc1ccc(S(=O)(=O)N(C)[C@H](C)c2ccc(F)cc2)cc1OC. The minimum atomic E-state index is -3.75. The number of halogens is 1. The molecule has 0 N–H and O–H groups in total. The van der Waals surface area contributed by atoms with Gasteiger partial charge in [-0.3, -0.25) is 0 Å². The quantitative estimate of drug-likeness (QED) is 0.800. The van der Waals surface area contributed by atoms with Gasteiger partial charge < -0.3 is 9.47 Å². The van der Waals surface area contributed by atoms with Gasteiger partial charge in [-0.25, -0.2) is 12.8 Å². The third kappa shape index (κ3) is 3.52. The molecule has 5 nitrogen and oxygen atoms in total. The highest BCUT2D eigenvalue weighted by atomic mass is 32.2. The summed E-state index contributed by atoms with van der Waals surface area (Å²) in [5.74, 6) is 0.420. The Bertz CT molecular complexity index is 806. The van der Waals surface area contributed by atoms with Crippen LogP contribution in [0.1, 0.15) is 18.5 Å². The molecule has 0 saturated carbocycles. The van der Waals surface area contributed by atoms with E-state index in [4.69, 9.17) is 9.47 Å². The summed E-state index contributed by atoms with van der Waals surface area (Å²) in [6.07, 6.45) is 0. The summed E-state index contributed by atoms with van der Waals surface area (Å²) < 4.78 is 50.2. The third-order valence-corrected chi connectivity index (χ3v) is 5.85. The van der Waals surface area contributed by atoms with Gasteiger partial charge in [-0.15, -0.1) is 0 Å². The second kappa shape index (κ2) is 7.19. The highest BCUT2D eigenvalue weighted by Crippen LogP contribution is 2.32. The van der Waals surface area contributed by atoms with E-state index in [1.54, 1.807) is 25.1 Å². The molecule has 0 unspecified atom stereocenters. The third-order valence-electron chi connectivity index (χ3n) is 3.93. The molecule has 0 aliphatic rings. The Hall–Kier alpha value is -2.12. The Labute approximate surface area is 141 Å². The molecule has 7 heteroatoms. The molecule has 0 radical (unpaired) electrons. The summed E-state index contributed by atoms with van der Waals surface area (Å²) in [6.45, 7) is 1.74. The van der Waals surface area contributed by atoms with Gasteiger partial charge in [0.1, 0.15) is 5.82 Å². The Kier molecular flexibility index (Phi) is 5.46. The normalized spacial score (nSPS) is 12.9. The monoisotopic (exact) mass is 353 g/mol. The number of hydrogen-bond acceptors (Lipinski definition) is 4. The minimum Gasteiger partial charge on any atom is -0.493 e. The van der Waals surface area contributed by atoms with Crippen LogP contribution >= 0.6 is 0 Å². The largest absolute Gasteiger partial charge is 0.493 e. The van der Waals surface area contributed by atoms with E-state index in [0.717, 1.165) is 0 Å². The van der Waals surface area contributed by atoms with Crippen LogP contribution in [0.4, 0.5) is 4.39 Å². The number of hydrogen-bond donors (Lipinski definition) is 0. The van der Waals surface area contributed by atoms with Gasteiger partial charge in [-0.2, -0.15) is 4.31 Å². The van der Waals surface area contributed by atoms with E-state index in [0.29, 0.717) is 17.1 Å². The van der Waals surface area contributed by atoms with E-state index >= 15 is 0 Å². The molecule has 0 aliphatic carbocycles. The van der Waals surface area contributed by atoms with Gasteiger partial charge in [-0.05, 0) is 36.8 Å². The van der Waals surface area contributed by atoms with Crippen molar-refractivity contribution < 1.29 is 22.3 Å². The fraction of sp³-hybridized carbons (Fsp3) is 0.294. The zero-order valence-electron chi connectivity index (χ0n) is 14.0. The van der Waals surface area contributed by atoms with Crippen LogP contribution in [-0.2, 0) is 10.0 Å². The topological polar surface area (TPSA) is 55.8 Å². The van der Waals surface area contributed by atoms with Crippen LogP contribution in [0.3, 0.4) is 0 Å². The van der Waals surface area contributed by atoms with Gasteiger partial charge in [0.05, 0.1) is 19.1 Å². The highest BCUT2D eigenvalue weighted by molar-refractivity contribution is 7.89. The predicted octanol–water partition coefficient (Wildman–Crippen LogP) is 3.22. The van der Waals surface area contributed by atoms with Crippen LogP contribution in [0, 0.1) is 5.82 Å². The number of methoxy groups -OCH3 is 2. The molecule has 0 saturated heterocycles. The molecule has 0 heterocycles. The minimum absolute atomic E-state index is 0.0941. The maximum atomic E-state index is 13.0. The molecule has 0 amide bonds. The molecule has 2 aromatic carbocycles. The van der Waals surface area contributed by atoms with Crippen LogP contribution in [0.2, 0.25) is 0 Å². The summed E-state index contributed by atoms with van der Waals surface area (Å²) in [4.78, 5) is 0.0941. The molecule has 2 rings (SSSR count). The van der Waals surface area contributed by atoms with Crippen molar-refractivity contribution in [3.8, 4) is 11.5 Å². The van der Waals surface area contributed by atoms with Crippen molar-refractivity contribution >= 4 is 10.0 Å². The molecular weight excluding hydrogens is 333 g/mol. The molecule has 130 valence electrons. The number of benzene rings is 2. The van der Waals surface area contributed by atoms with Gasteiger partial charge in [0.2, 0.25) is 10.0 Å². The molecule has 0 aromatic heterocycles. The van der Waals surface area contributed by atoms with Crippen LogP contribution in [-0.4, -0.2) is 34.0 Å². The maximum absolute atomic E-state index is 13.0. The van der Waals surface area contributed by atoms with E-state index in [-0.39, 0.29) is 10.7 Å². The van der Waals surface area contributed by atoms with Crippen molar-refractivity contribution in [3.05, 3.63) is 53.8 Å². The zero-order valence-corrected chi connectivity index (χ0v) is 14.8. The average molecular weight is 353 g/mol. The fourth-order valence-electron chi connectivity index (χ4n) is 2.30. The van der Waals surface area contributed by atoms with Crippen LogP contribution in [0.25, 0.3) is 0 Å². The molecule has 0 aliphatic heterocycles. The summed E-state index contributed by atoms with van der Waals surface area (Å²) in [5.41, 5.74) is 0.697. The van der Waals surface area contributed by atoms with Crippen molar-refractivity contribution in [1.29, 1.82) is 0 Å². The van der Waals surface area contributed by atoms with Crippen molar-refractivity contribution in [1.82, 2.24) is 4.31 Å². The number of ether oxygens (including phenoxy) is 2. The zero-order chi connectivity index (χ0) is 17.9. The Morgan fingerprint density at radius 3 is 2.12 bits per heavy atom. The van der Waals surface area contributed by atoms with E-state index in [1.807, 2.05) is 0 Å². The number of nitrogens with zero attached hydrogens (tertiary/aromatic N) is 1. The highest BCUT2D eigenvalue weighted by Gasteiger charge is 2.27. The Balaban J connectivity index is 2.36. The lowest BCUT2D eigenvalue weighted by molar-refractivity contribution is 0.353. The second-order valence-corrected chi connectivity index (χ2v) is 7.26. The first-order valence-corrected chi connectivity index (χ1v) is 8.70. The predicted molar refractivity (Wildman–Crippen MR) is 89.3 cm³/mol. The van der Waals surface area contributed by atoms with E-state index in [9.17, 15) is 12.8 Å². The van der Waals surface area contributed by atoms with Crippen molar-refractivity contribution in [3.63, 3.8) is 0 Å². The van der Waals surface area contributed by atoms with Gasteiger partial charge in [-0.1, -0.05) is 12.1 Å². The summed E-state index contributed by atoms with van der Waals surface area (Å²) in [5, 5.41) is 0. The summed E-state index contributed by atoms with van der Waals surface area (Å²) in [7, 11) is 0.661. The Morgan fingerprint density at radius 1 is 1.00 bits per heavy atom. The molecule has 0 spiro atoms. The maximum Gasteiger partial charge on any atom is 0.243 e. The standard InChI is InChI=1S/C17H20FNO4S/c1-12(13-5-7-14(18)8-6-13)19(2)24(20,21)15-9-10-16(22-3)17(11-15)23-4/h5-12H,1-4H3/t12-/m1/s1. The van der Waals surface area contributed by atoms with E-state index < -0.39 is 16.1 Å². The van der Waals surface area contributed by atoms with Gasteiger partial charge in [0.15, 0.2) is 11.5 Å². The smallest absolute Gasteiger partial charge is 0.243 e. The first-order chi connectivity index (χ1) is 11.3. The van der Waals surface area contributed by atoms with Crippen molar-refractivity contribution in [2.45, 2.75) is 17.9 Å². The molecule has 2 aromatic rings. The number of sulfonamides is 1. The van der Waals surface area contributed by atoms with E-state index in [1.165, 1.54) is 49.8 Å². The average Bonchev–Trinajstić information content (AvgIpc) is 2.60. The molecule has 0 bridgehead atoms. The fourth-order valence-corrected chi connectivity index (χ4v) is 3.67. The Morgan fingerprint density at radius 2 is 1.58 bits per heavy atom. The lowest BCUT2D eigenvalue weighted by atomic mass is 10.1. The number of rotatable bonds is 6. The second-order valence-electron chi connectivity index (χ2n) is 5.27. The van der Waals surface area contributed by atoms with Crippen LogP contribution in [0.5, 0.6) is 11.5 Å². The molecule has 0 fully saturated rings. The lowest BCUT2D eigenvalue weighted by Crippen LogP contribution is -2.29. The first kappa shape index (κ1) is 18.2. The van der Waals surface area contributed by atoms with Gasteiger partial charge >= 0.3 is 0 Å². The van der Waals surface area contributed by atoms with E-state index in [2.05, 4.69) is 0 Å². The summed E-state index contributed by atoms with van der Waals surface area (Å²) >= 11 is 0.